The molecule has 1 aliphatic carbocycles. The molecule has 1 fully saturated rings. The number of nitrogens with one attached hydrogen (secondary N) is 1. The minimum absolute atomic E-state index is 0.00688. The summed E-state index contributed by atoms with van der Waals surface area (Å²) in [5.41, 5.74) is 1.53. The van der Waals surface area contributed by atoms with Gasteiger partial charge in [0.05, 0.1) is 6.42 Å². The molecule has 34 heavy (non-hydrogen) atoms. The van der Waals surface area contributed by atoms with Crippen molar-refractivity contribution in [2.75, 3.05) is 0 Å². The van der Waals surface area contributed by atoms with Gasteiger partial charge in [0.15, 0.2) is 0 Å². The van der Waals surface area contributed by atoms with Crippen LogP contribution in [0.25, 0.3) is 0 Å². The Balaban J connectivity index is 1.82. The molecule has 0 spiro atoms. The number of carbonyl (C=O) groups is 2. The fourth-order valence-corrected chi connectivity index (χ4v) is 5.93. The quantitative estimate of drug-likeness (QED) is 0.360. The van der Waals surface area contributed by atoms with Crippen LogP contribution in [-0.2, 0) is 15.0 Å². The van der Waals surface area contributed by atoms with Crippen LogP contribution < -0.4 is 10.1 Å². The summed E-state index contributed by atoms with van der Waals surface area (Å²) in [6.45, 7) is 10.9. The normalized spacial score (nSPS) is 23.4. The van der Waals surface area contributed by atoms with Crippen LogP contribution in [0.3, 0.4) is 0 Å². The van der Waals surface area contributed by atoms with Crippen molar-refractivity contribution in [2.24, 2.45) is 5.92 Å². The lowest BCUT2D eigenvalue weighted by Gasteiger charge is -2.49. The van der Waals surface area contributed by atoms with Gasteiger partial charge in [-0.15, -0.1) is 0 Å². The highest BCUT2D eigenvalue weighted by Gasteiger charge is 2.48. The highest BCUT2D eigenvalue weighted by atomic mass is 16.5. The molecule has 0 saturated heterocycles. The Kier molecular flexibility index (Phi) is 8.20. The molecule has 0 aromatic heterocycles. The Hall–Kier alpha value is -2.24. The Labute approximate surface area is 204 Å². The first-order valence-electron chi connectivity index (χ1n) is 13.0. The minimum Gasteiger partial charge on any atom is -0.508 e. The number of phenolic OH excluding ortho intramolecular Hbond substituents is 1. The Bertz CT molecular complexity index is 891. The molecule has 3 rings (SSSR count). The maximum atomic E-state index is 12.2. The lowest BCUT2D eigenvalue weighted by Crippen LogP contribution is -2.50. The number of aromatic hydroxyl groups is 1. The first-order valence-corrected chi connectivity index (χ1v) is 13.0. The van der Waals surface area contributed by atoms with E-state index in [1.54, 1.807) is 0 Å². The summed E-state index contributed by atoms with van der Waals surface area (Å²) < 4.78 is 6.52. The van der Waals surface area contributed by atoms with E-state index in [4.69, 9.17) is 9.84 Å². The van der Waals surface area contributed by atoms with Gasteiger partial charge in [0, 0.05) is 23.9 Å². The molecule has 3 N–H and O–H groups in total. The van der Waals surface area contributed by atoms with Gasteiger partial charge in [-0.25, -0.2) is 0 Å². The molecule has 1 aliphatic heterocycles. The predicted octanol–water partition coefficient (Wildman–Crippen LogP) is 6.04. The van der Waals surface area contributed by atoms with Gasteiger partial charge in [0.25, 0.3) is 0 Å². The third kappa shape index (κ3) is 6.05. The maximum absolute atomic E-state index is 12.2. The van der Waals surface area contributed by atoms with Crippen LogP contribution in [0.5, 0.6) is 11.5 Å². The monoisotopic (exact) mass is 473 g/mol. The zero-order valence-corrected chi connectivity index (χ0v) is 21.6. The third-order valence-electron chi connectivity index (χ3n) is 7.98. The first-order chi connectivity index (χ1) is 15.9. The number of hydrogen-bond acceptors (Lipinski definition) is 4. The number of amides is 1. The number of ether oxygens (including phenoxy) is 1. The lowest BCUT2D eigenvalue weighted by atomic mass is 9.65. The number of carbonyl (C=O) groups excluding carboxylic acids is 1. The van der Waals surface area contributed by atoms with Crippen LogP contribution in [0.1, 0.15) is 116 Å². The van der Waals surface area contributed by atoms with Gasteiger partial charge in [0.2, 0.25) is 5.91 Å². The summed E-state index contributed by atoms with van der Waals surface area (Å²) >= 11 is 0. The Morgan fingerprint density at radius 3 is 2.56 bits per heavy atom. The van der Waals surface area contributed by atoms with Crippen LogP contribution in [0, 0.1) is 5.92 Å². The number of rotatable bonds is 10. The molecular weight excluding hydrogens is 430 g/mol. The van der Waals surface area contributed by atoms with Crippen molar-refractivity contribution in [2.45, 2.75) is 122 Å². The number of hydrogen-bond donors (Lipinski definition) is 3. The van der Waals surface area contributed by atoms with Crippen molar-refractivity contribution in [1.82, 2.24) is 5.32 Å². The van der Waals surface area contributed by atoms with E-state index in [2.05, 4.69) is 46.0 Å². The average molecular weight is 474 g/mol. The van der Waals surface area contributed by atoms with Crippen LogP contribution in [-0.4, -0.2) is 33.7 Å². The molecule has 1 unspecified atom stereocenters. The van der Waals surface area contributed by atoms with Crippen molar-refractivity contribution >= 4 is 11.9 Å². The summed E-state index contributed by atoms with van der Waals surface area (Å²) in [4.78, 5) is 23.0. The fourth-order valence-electron chi connectivity index (χ4n) is 5.93. The van der Waals surface area contributed by atoms with Crippen molar-refractivity contribution in [1.29, 1.82) is 0 Å². The fraction of sp³-hybridized carbons (Fsp3) is 0.714. The molecule has 0 radical (unpaired) electrons. The molecule has 1 aromatic rings. The number of carboxylic acids is 1. The van der Waals surface area contributed by atoms with E-state index < -0.39 is 5.97 Å². The van der Waals surface area contributed by atoms with Crippen molar-refractivity contribution in [3.8, 4) is 11.5 Å². The number of unbranched alkanes of at least 4 members (excludes halogenated alkanes) is 3. The van der Waals surface area contributed by atoms with E-state index in [0.29, 0.717) is 0 Å². The molecule has 6 nitrogen and oxygen atoms in total. The third-order valence-corrected chi connectivity index (χ3v) is 7.98. The van der Waals surface area contributed by atoms with Gasteiger partial charge in [0.1, 0.15) is 17.1 Å². The molecule has 190 valence electrons. The maximum Gasteiger partial charge on any atom is 0.303 e. The number of fused-ring (bicyclic) bond motifs is 3. The van der Waals surface area contributed by atoms with E-state index in [0.717, 1.165) is 42.6 Å². The van der Waals surface area contributed by atoms with Crippen molar-refractivity contribution < 1.29 is 24.5 Å². The van der Waals surface area contributed by atoms with Crippen LogP contribution in [0.2, 0.25) is 0 Å². The number of aliphatic carboxylic acids is 1. The second-order valence-corrected chi connectivity index (χ2v) is 11.5. The molecule has 1 amide bonds. The molecule has 1 aromatic carbocycles. The van der Waals surface area contributed by atoms with E-state index in [1.165, 1.54) is 25.7 Å². The predicted molar refractivity (Wildman–Crippen MR) is 133 cm³/mol. The summed E-state index contributed by atoms with van der Waals surface area (Å²) in [6.07, 6.45) is 8.17. The van der Waals surface area contributed by atoms with Gasteiger partial charge in [-0.1, -0.05) is 46.5 Å². The van der Waals surface area contributed by atoms with E-state index in [9.17, 15) is 14.7 Å². The van der Waals surface area contributed by atoms with Gasteiger partial charge in [-0.3, -0.25) is 9.59 Å². The van der Waals surface area contributed by atoms with Gasteiger partial charge < -0.3 is 20.3 Å². The highest BCUT2D eigenvalue weighted by Crippen LogP contribution is 2.55. The number of phenols is 1. The molecule has 1 saturated carbocycles. The van der Waals surface area contributed by atoms with E-state index >= 15 is 0 Å². The second kappa shape index (κ2) is 10.6. The average Bonchev–Trinajstić information content (AvgIpc) is 2.74. The minimum atomic E-state index is -0.965. The van der Waals surface area contributed by atoms with E-state index in [-0.39, 0.29) is 53.4 Å². The smallest absolute Gasteiger partial charge is 0.303 e. The summed E-state index contributed by atoms with van der Waals surface area (Å²) in [5, 5.41) is 23.1. The van der Waals surface area contributed by atoms with Gasteiger partial charge in [-0.05, 0) is 68.6 Å². The van der Waals surface area contributed by atoms with Gasteiger partial charge in [-0.2, -0.15) is 0 Å². The van der Waals surface area contributed by atoms with Crippen molar-refractivity contribution in [3.63, 3.8) is 0 Å². The second-order valence-electron chi connectivity index (χ2n) is 11.5. The van der Waals surface area contributed by atoms with Crippen LogP contribution in [0.15, 0.2) is 12.1 Å². The standard InChI is InChI=1S/C28H43NO5/c1-6-7-8-9-14-27(2,3)18-15-22(30)26-20-17-19(29-24(31)12-13-25(32)33)10-11-21(20)28(4,5)34-23(26)16-18/h15-16,19-21,30H,6-14,17H2,1-5H3,(H,29,31)(H,32,33)/t19?,20-,21-/m1/s1. The Morgan fingerprint density at radius 1 is 1.15 bits per heavy atom. The zero-order valence-electron chi connectivity index (χ0n) is 21.6. The SMILES string of the molecule is CCCCCCC(C)(C)c1cc(O)c2c(c1)OC(C)(C)[C@@H]1CCC(NC(=O)CCC(=O)O)C[C@@H]21. The zero-order chi connectivity index (χ0) is 25.1. The molecular formula is C28H43NO5. The summed E-state index contributed by atoms with van der Waals surface area (Å²) in [5.74, 6) is 0.193. The van der Waals surface area contributed by atoms with Crippen LogP contribution in [0.4, 0.5) is 0 Å². The topological polar surface area (TPSA) is 95.9 Å². The summed E-state index contributed by atoms with van der Waals surface area (Å²) in [6, 6.07) is 4.02. The number of carboxylic acid groups (broad SMARTS) is 1. The summed E-state index contributed by atoms with van der Waals surface area (Å²) in [7, 11) is 0. The lowest BCUT2D eigenvalue weighted by molar-refractivity contribution is -0.139. The number of benzene rings is 1. The molecule has 2 aliphatic rings. The molecule has 6 heteroatoms. The molecule has 0 bridgehead atoms. The largest absolute Gasteiger partial charge is 0.508 e. The van der Waals surface area contributed by atoms with Crippen LogP contribution >= 0.6 is 0 Å². The van der Waals surface area contributed by atoms with E-state index in [1.807, 2.05) is 6.07 Å². The first kappa shape index (κ1) is 26.4. The molecule has 3 atom stereocenters. The van der Waals surface area contributed by atoms with Gasteiger partial charge >= 0.3 is 5.97 Å². The molecule has 1 heterocycles. The van der Waals surface area contributed by atoms with Crippen molar-refractivity contribution in [3.05, 3.63) is 23.3 Å². The highest BCUT2D eigenvalue weighted by molar-refractivity contribution is 5.80. The Morgan fingerprint density at radius 2 is 1.88 bits per heavy atom.